The smallest absolute Gasteiger partial charge is 0.227 e. The lowest BCUT2D eigenvalue weighted by Crippen LogP contribution is -2.24. The summed E-state index contributed by atoms with van der Waals surface area (Å²) in [7, 11) is 0. The lowest BCUT2D eigenvalue weighted by Gasteiger charge is -2.24. The van der Waals surface area contributed by atoms with Crippen molar-refractivity contribution in [3.8, 4) is 0 Å². The zero-order valence-corrected chi connectivity index (χ0v) is 12.1. The first-order chi connectivity index (χ1) is 8.95. The topological polar surface area (TPSA) is 29.1 Å². The van der Waals surface area contributed by atoms with Crippen molar-refractivity contribution in [1.29, 1.82) is 0 Å². The van der Waals surface area contributed by atoms with Gasteiger partial charge in [0.1, 0.15) is 0 Å². The molecule has 19 heavy (non-hydrogen) atoms. The van der Waals surface area contributed by atoms with E-state index in [0.29, 0.717) is 0 Å². The van der Waals surface area contributed by atoms with Crippen molar-refractivity contribution in [2.45, 2.75) is 45.4 Å². The van der Waals surface area contributed by atoms with Gasteiger partial charge >= 0.3 is 0 Å². The fourth-order valence-electron chi connectivity index (χ4n) is 3.41. The van der Waals surface area contributed by atoms with Gasteiger partial charge in [0.2, 0.25) is 5.91 Å². The van der Waals surface area contributed by atoms with Crippen LogP contribution in [-0.2, 0) is 10.2 Å². The summed E-state index contributed by atoms with van der Waals surface area (Å²) in [5, 5.41) is 3.16. The molecule has 2 saturated carbocycles. The van der Waals surface area contributed by atoms with E-state index in [9.17, 15) is 4.79 Å². The number of anilines is 1. The Labute approximate surface area is 115 Å². The minimum atomic E-state index is 0.0572. The number of amides is 1. The largest absolute Gasteiger partial charge is 0.326 e. The molecule has 2 atom stereocenters. The molecule has 0 radical (unpaired) electrons. The van der Waals surface area contributed by atoms with Crippen LogP contribution in [0.2, 0.25) is 0 Å². The molecule has 3 rings (SSSR count). The first-order valence-electron chi connectivity index (χ1n) is 7.35. The summed E-state index contributed by atoms with van der Waals surface area (Å²) in [6.45, 7) is 6.55. The third-order valence-electron chi connectivity index (χ3n) is 4.61. The highest BCUT2D eigenvalue weighted by atomic mass is 16.1. The molecule has 0 bridgehead atoms. The number of fused-ring (bicyclic) bond motifs is 1. The minimum Gasteiger partial charge on any atom is -0.326 e. The molecular weight excluding hydrogens is 234 g/mol. The average Bonchev–Trinajstić information content (AvgIpc) is 2.95. The molecule has 0 aliphatic heterocycles. The van der Waals surface area contributed by atoms with Crippen LogP contribution in [0, 0.1) is 17.8 Å². The van der Waals surface area contributed by atoms with E-state index in [4.69, 9.17) is 0 Å². The van der Waals surface area contributed by atoms with E-state index in [1.54, 1.807) is 0 Å². The highest BCUT2D eigenvalue weighted by Gasteiger charge is 2.48. The summed E-state index contributed by atoms with van der Waals surface area (Å²) >= 11 is 0. The second kappa shape index (κ2) is 4.36. The molecule has 2 fully saturated rings. The van der Waals surface area contributed by atoms with Crippen molar-refractivity contribution in [3.63, 3.8) is 0 Å². The zero-order chi connectivity index (χ0) is 13.6. The number of benzene rings is 1. The molecule has 0 aromatic heterocycles. The molecule has 1 amide bonds. The second-order valence-electron chi connectivity index (χ2n) is 7.21. The van der Waals surface area contributed by atoms with Gasteiger partial charge in [0.05, 0.1) is 0 Å². The van der Waals surface area contributed by atoms with Gasteiger partial charge in [0.15, 0.2) is 0 Å². The number of para-hydroxylation sites is 1. The number of hydrogen-bond donors (Lipinski definition) is 1. The molecule has 2 heteroatoms. The van der Waals surface area contributed by atoms with Crippen LogP contribution in [0.1, 0.15) is 45.6 Å². The molecule has 102 valence electrons. The lowest BCUT2D eigenvalue weighted by atomic mass is 9.85. The zero-order valence-electron chi connectivity index (χ0n) is 12.1. The molecule has 1 N–H and O–H groups in total. The highest BCUT2D eigenvalue weighted by Crippen LogP contribution is 2.54. The minimum absolute atomic E-state index is 0.0572. The summed E-state index contributed by atoms with van der Waals surface area (Å²) in [6.07, 6.45) is 3.57. The third-order valence-corrected chi connectivity index (χ3v) is 4.61. The van der Waals surface area contributed by atoms with E-state index in [1.807, 2.05) is 18.2 Å². The van der Waals surface area contributed by atoms with E-state index in [1.165, 1.54) is 12.0 Å². The number of nitrogens with one attached hydrogen (secondary N) is 1. The molecule has 0 spiro atoms. The third kappa shape index (κ3) is 2.54. The monoisotopic (exact) mass is 257 g/mol. The molecule has 2 aliphatic rings. The summed E-state index contributed by atoms with van der Waals surface area (Å²) < 4.78 is 0. The maximum atomic E-state index is 12.3. The van der Waals surface area contributed by atoms with Crippen LogP contribution < -0.4 is 5.32 Å². The number of rotatable bonds is 2. The van der Waals surface area contributed by atoms with Crippen molar-refractivity contribution >= 4 is 11.6 Å². The molecule has 1 aromatic rings. The fourth-order valence-corrected chi connectivity index (χ4v) is 3.41. The van der Waals surface area contributed by atoms with Gasteiger partial charge in [-0.2, -0.15) is 0 Å². The normalized spacial score (nSPS) is 28.9. The van der Waals surface area contributed by atoms with Crippen molar-refractivity contribution < 1.29 is 4.79 Å². The van der Waals surface area contributed by atoms with Crippen LogP contribution in [0.4, 0.5) is 5.69 Å². The summed E-state index contributed by atoms with van der Waals surface area (Å²) in [5.74, 6) is 2.18. The summed E-state index contributed by atoms with van der Waals surface area (Å²) in [4.78, 5) is 12.3. The fraction of sp³-hybridized carbons (Fsp3) is 0.588. The Kier molecular flexibility index (Phi) is 2.92. The van der Waals surface area contributed by atoms with Gasteiger partial charge in [-0.15, -0.1) is 0 Å². The van der Waals surface area contributed by atoms with Crippen LogP contribution >= 0.6 is 0 Å². The Morgan fingerprint density at radius 1 is 1.11 bits per heavy atom. The number of hydrogen-bond acceptors (Lipinski definition) is 1. The maximum absolute atomic E-state index is 12.3. The van der Waals surface area contributed by atoms with E-state index in [0.717, 1.165) is 30.4 Å². The Morgan fingerprint density at radius 3 is 2.37 bits per heavy atom. The van der Waals surface area contributed by atoms with Gasteiger partial charge in [0, 0.05) is 11.6 Å². The van der Waals surface area contributed by atoms with Crippen LogP contribution in [0.3, 0.4) is 0 Å². The highest BCUT2D eigenvalue weighted by molar-refractivity contribution is 5.93. The number of carbonyl (C=O) groups is 1. The molecular formula is C17H23NO. The summed E-state index contributed by atoms with van der Waals surface area (Å²) in [6, 6.07) is 8.17. The Balaban J connectivity index is 1.74. The summed E-state index contributed by atoms with van der Waals surface area (Å²) in [5.41, 5.74) is 2.26. The van der Waals surface area contributed by atoms with Crippen molar-refractivity contribution in [1.82, 2.24) is 0 Å². The van der Waals surface area contributed by atoms with Crippen LogP contribution in [0.5, 0.6) is 0 Å². The van der Waals surface area contributed by atoms with Gasteiger partial charge in [-0.25, -0.2) is 0 Å². The Hall–Kier alpha value is -1.31. The first-order valence-corrected chi connectivity index (χ1v) is 7.35. The van der Waals surface area contributed by atoms with E-state index < -0.39 is 0 Å². The van der Waals surface area contributed by atoms with E-state index in [-0.39, 0.29) is 17.2 Å². The SMILES string of the molecule is CC(C)(C)c1ccccc1NC(=O)C1CC2CC2C1. The number of carbonyl (C=O) groups excluding carboxylic acids is 1. The average molecular weight is 257 g/mol. The van der Waals surface area contributed by atoms with Gasteiger partial charge in [-0.05, 0) is 48.1 Å². The first kappa shape index (κ1) is 12.7. The molecule has 2 aliphatic carbocycles. The predicted octanol–water partition coefficient (Wildman–Crippen LogP) is 3.97. The van der Waals surface area contributed by atoms with Gasteiger partial charge < -0.3 is 5.32 Å². The molecule has 0 saturated heterocycles. The molecule has 1 aromatic carbocycles. The van der Waals surface area contributed by atoms with Crippen molar-refractivity contribution in [3.05, 3.63) is 29.8 Å². The second-order valence-corrected chi connectivity index (χ2v) is 7.21. The van der Waals surface area contributed by atoms with Crippen LogP contribution in [-0.4, -0.2) is 5.91 Å². The van der Waals surface area contributed by atoms with Crippen molar-refractivity contribution in [2.75, 3.05) is 5.32 Å². The van der Waals surface area contributed by atoms with Gasteiger partial charge in [-0.3, -0.25) is 4.79 Å². The standard InChI is InChI=1S/C17H23NO/c1-17(2,3)14-6-4-5-7-15(14)18-16(19)13-9-11-8-12(11)10-13/h4-7,11-13H,8-10H2,1-3H3,(H,18,19). The van der Waals surface area contributed by atoms with Gasteiger partial charge in [0.25, 0.3) is 0 Å². The molecule has 0 heterocycles. The van der Waals surface area contributed by atoms with Crippen LogP contribution in [0.25, 0.3) is 0 Å². The van der Waals surface area contributed by atoms with Crippen molar-refractivity contribution in [2.24, 2.45) is 17.8 Å². The molecule has 2 unspecified atom stereocenters. The lowest BCUT2D eigenvalue weighted by molar-refractivity contribution is -0.120. The van der Waals surface area contributed by atoms with E-state index in [2.05, 4.69) is 32.2 Å². The van der Waals surface area contributed by atoms with E-state index >= 15 is 0 Å². The Morgan fingerprint density at radius 2 is 1.74 bits per heavy atom. The molecule has 2 nitrogen and oxygen atoms in total. The maximum Gasteiger partial charge on any atom is 0.227 e. The van der Waals surface area contributed by atoms with Gasteiger partial charge in [-0.1, -0.05) is 39.0 Å². The quantitative estimate of drug-likeness (QED) is 0.853. The predicted molar refractivity (Wildman–Crippen MR) is 78.1 cm³/mol. The Bertz CT molecular complexity index is 490. The van der Waals surface area contributed by atoms with Crippen LogP contribution in [0.15, 0.2) is 24.3 Å².